The second kappa shape index (κ2) is 10.2. The number of imide groups is 1. The fourth-order valence-corrected chi connectivity index (χ4v) is 3.32. The topological polar surface area (TPSA) is 90.5 Å². The second-order valence-electron chi connectivity index (χ2n) is 7.68. The number of anilines is 1. The third-order valence-electron chi connectivity index (χ3n) is 5.49. The maximum Gasteiger partial charge on any atom is 0.321 e. The molecule has 0 saturated heterocycles. The van der Waals surface area contributed by atoms with Gasteiger partial charge in [0.1, 0.15) is 0 Å². The van der Waals surface area contributed by atoms with E-state index in [0.29, 0.717) is 0 Å². The molecule has 7 heteroatoms. The first-order chi connectivity index (χ1) is 13.3. The zero-order chi connectivity index (χ0) is 20.7. The number of nitrogens with one attached hydrogen (secondary N) is 3. The van der Waals surface area contributed by atoms with E-state index in [2.05, 4.69) is 16.0 Å². The molecule has 1 unspecified atom stereocenters. The highest BCUT2D eigenvalue weighted by molar-refractivity contribution is 5.97. The molecule has 0 aromatic heterocycles. The van der Waals surface area contributed by atoms with Crippen LogP contribution >= 0.6 is 0 Å². The lowest BCUT2D eigenvalue weighted by Gasteiger charge is -2.25. The van der Waals surface area contributed by atoms with Crippen LogP contribution in [0.3, 0.4) is 0 Å². The largest absolute Gasteiger partial charge is 0.335 e. The Hall–Kier alpha value is -2.41. The van der Waals surface area contributed by atoms with Gasteiger partial charge in [-0.15, -0.1) is 0 Å². The third-order valence-corrected chi connectivity index (χ3v) is 5.49. The fourth-order valence-electron chi connectivity index (χ4n) is 3.32. The monoisotopic (exact) mass is 388 g/mol. The average Bonchev–Trinajstić information content (AvgIpc) is 2.65. The van der Waals surface area contributed by atoms with E-state index in [1.54, 1.807) is 18.9 Å². The summed E-state index contributed by atoms with van der Waals surface area (Å²) >= 11 is 0. The molecule has 0 heterocycles. The van der Waals surface area contributed by atoms with Crippen LogP contribution in [0.25, 0.3) is 0 Å². The number of rotatable bonds is 6. The number of hydrogen-bond donors (Lipinski definition) is 3. The van der Waals surface area contributed by atoms with Crippen LogP contribution < -0.4 is 16.0 Å². The zero-order valence-electron chi connectivity index (χ0n) is 17.3. The van der Waals surface area contributed by atoms with E-state index < -0.39 is 18.0 Å². The maximum atomic E-state index is 12.3. The summed E-state index contributed by atoms with van der Waals surface area (Å²) in [6.45, 7) is 5.66. The molecule has 1 aliphatic rings. The van der Waals surface area contributed by atoms with Crippen LogP contribution in [0, 0.1) is 13.8 Å². The molecule has 28 heavy (non-hydrogen) atoms. The molecular weight excluding hydrogens is 356 g/mol. The summed E-state index contributed by atoms with van der Waals surface area (Å²) in [4.78, 5) is 38.3. The molecule has 0 spiro atoms. The van der Waals surface area contributed by atoms with Crippen LogP contribution in [0.2, 0.25) is 0 Å². The van der Waals surface area contributed by atoms with Gasteiger partial charge in [0.05, 0.1) is 12.6 Å². The molecule has 1 aromatic carbocycles. The van der Waals surface area contributed by atoms with Crippen molar-refractivity contribution in [1.29, 1.82) is 0 Å². The van der Waals surface area contributed by atoms with Gasteiger partial charge in [-0.2, -0.15) is 0 Å². The molecule has 1 aliphatic carbocycles. The molecule has 0 aliphatic heterocycles. The lowest BCUT2D eigenvalue weighted by Crippen LogP contribution is -2.51. The summed E-state index contributed by atoms with van der Waals surface area (Å²) in [5.41, 5.74) is 2.88. The summed E-state index contributed by atoms with van der Waals surface area (Å²) in [6, 6.07) is 4.80. The van der Waals surface area contributed by atoms with Crippen molar-refractivity contribution in [2.24, 2.45) is 0 Å². The van der Waals surface area contributed by atoms with E-state index in [1.165, 1.54) is 6.42 Å². The van der Waals surface area contributed by atoms with E-state index >= 15 is 0 Å². The van der Waals surface area contributed by atoms with E-state index in [9.17, 15) is 14.4 Å². The highest BCUT2D eigenvalue weighted by atomic mass is 16.2. The lowest BCUT2D eigenvalue weighted by atomic mass is 9.96. The van der Waals surface area contributed by atoms with Crippen molar-refractivity contribution in [3.8, 4) is 0 Å². The number of nitrogens with zero attached hydrogens (tertiary/aromatic N) is 1. The molecule has 1 fully saturated rings. The Balaban J connectivity index is 1.80. The summed E-state index contributed by atoms with van der Waals surface area (Å²) in [5, 5.41) is 8.12. The van der Waals surface area contributed by atoms with Crippen molar-refractivity contribution in [2.45, 2.75) is 65.0 Å². The summed E-state index contributed by atoms with van der Waals surface area (Å²) < 4.78 is 0. The van der Waals surface area contributed by atoms with Gasteiger partial charge < -0.3 is 10.6 Å². The first-order valence-corrected chi connectivity index (χ1v) is 9.95. The highest BCUT2D eigenvalue weighted by Gasteiger charge is 2.23. The Morgan fingerprint density at radius 2 is 1.82 bits per heavy atom. The van der Waals surface area contributed by atoms with E-state index in [0.717, 1.165) is 42.5 Å². The number of urea groups is 1. The van der Waals surface area contributed by atoms with Gasteiger partial charge in [-0.25, -0.2) is 4.79 Å². The Kier molecular flexibility index (Phi) is 7.99. The van der Waals surface area contributed by atoms with Crippen LogP contribution in [0.4, 0.5) is 10.5 Å². The Bertz CT molecular complexity index is 714. The SMILES string of the molecule is Cc1cccc(NC(=O)CN(C)C(C)C(=O)NC(=O)NC2CCCCC2)c1C. The first-order valence-electron chi connectivity index (χ1n) is 9.95. The van der Waals surface area contributed by atoms with Crippen molar-refractivity contribution in [2.75, 3.05) is 18.9 Å². The van der Waals surface area contributed by atoms with Crippen molar-refractivity contribution in [3.05, 3.63) is 29.3 Å². The maximum absolute atomic E-state index is 12.3. The Morgan fingerprint density at radius 3 is 2.50 bits per heavy atom. The predicted molar refractivity (Wildman–Crippen MR) is 110 cm³/mol. The number of hydrogen-bond acceptors (Lipinski definition) is 4. The van der Waals surface area contributed by atoms with Gasteiger partial charge in [-0.05, 0) is 57.9 Å². The van der Waals surface area contributed by atoms with E-state index in [-0.39, 0.29) is 18.5 Å². The molecule has 1 atom stereocenters. The molecule has 1 aromatic rings. The van der Waals surface area contributed by atoms with Crippen LogP contribution in [0.15, 0.2) is 18.2 Å². The molecule has 2 rings (SSSR count). The van der Waals surface area contributed by atoms with Gasteiger partial charge >= 0.3 is 6.03 Å². The average molecular weight is 389 g/mol. The number of carbonyl (C=O) groups is 3. The minimum Gasteiger partial charge on any atom is -0.335 e. The predicted octanol–water partition coefficient (Wildman–Crippen LogP) is 2.72. The number of aryl methyl sites for hydroxylation is 1. The molecule has 154 valence electrons. The van der Waals surface area contributed by atoms with Gasteiger partial charge in [-0.3, -0.25) is 19.8 Å². The van der Waals surface area contributed by atoms with Crippen LogP contribution in [-0.4, -0.2) is 48.4 Å². The van der Waals surface area contributed by atoms with Crippen molar-refractivity contribution >= 4 is 23.5 Å². The molecule has 3 N–H and O–H groups in total. The molecule has 0 bridgehead atoms. The number of likely N-dealkylation sites (N-methyl/N-ethyl adjacent to an activating group) is 1. The normalized spacial score (nSPS) is 15.8. The Morgan fingerprint density at radius 1 is 1.14 bits per heavy atom. The van der Waals surface area contributed by atoms with Crippen molar-refractivity contribution in [1.82, 2.24) is 15.5 Å². The molecule has 1 saturated carbocycles. The zero-order valence-corrected chi connectivity index (χ0v) is 17.3. The molecule has 0 radical (unpaired) electrons. The van der Waals surface area contributed by atoms with Crippen LogP contribution in [0.1, 0.15) is 50.2 Å². The molecular formula is C21H32N4O3. The number of carbonyl (C=O) groups excluding carboxylic acids is 3. The van der Waals surface area contributed by atoms with Crippen LogP contribution in [-0.2, 0) is 9.59 Å². The fraction of sp³-hybridized carbons (Fsp3) is 0.571. The third kappa shape index (κ3) is 6.34. The second-order valence-corrected chi connectivity index (χ2v) is 7.68. The number of amides is 4. The summed E-state index contributed by atoms with van der Waals surface area (Å²) in [7, 11) is 1.69. The molecule has 4 amide bonds. The van der Waals surface area contributed by atoms with Gasteiger partial charge in [0, 0.05) is 11.7 Å². The van der Waals surface area contributed by atoms with Gasteiger partial charge in [0.25, 0.3) is 0 Å². The number of benzene rings is 1. The Labute approximate surface area is 167 Å². The van der Waals surface area contributed by atoms with Crippen molar-refractivity contribution < 1.29 is 14.4 Å². The van der Waals surface area contributed by atoms with Crippen molar-refractivity contribution in [3.63, 3.8) is 0 Å². The van der Waals surface area contributed by atoms with Gasteiger partial charge in [-0.1, -0.05) is 31.4 Å². The quantitative estimate of drug-likeness (QED) is 0.699. The summed E-state index contributed by atoms with van der Waals surface area (Å²) in [6.07, 6.45) is 5.32. The van der Waals surface area contributed by atoms with Gasteiger partial charge in [0.15, 0.2) is 0 Å². The van der Waals surface area contributed by atoms with E-state index in [1.807, 2.05) is 32.0 Å². The molecule has 7 nitrogen and oxygen atoms in total. The highest BCUT2D eigenvalue weighted by Crippen LogP contribution is 2.18. The van der Waals surface area contributed by atoms with E-state index in [4.69, 9.17) is 0 Å². The standard InChI is InChI=1S/C21H32N4O3/c1-14-9-8-12-18(15(14)2)23-19(26)13-25(4)16(3)20(27)24-21(28)22-17-10-6-5-7-11-17/h8-9,12,16-17H,5-7,10-11,13H2,1-4H3,(H,23,26)(H2,22,24,27,28). The van der Waals surface area contributed by atoms with Gasteiger partial charge in [0.2, 0.25) is 11.8 Å². The lowest BCUT2D eigenvalue weighted by molar-refractivity contribution is -0.125. The summed E-state index contributed by atoms with van der Waals surface area (Å²) in [5.74, 6) is -0.627. The van der Waals surface area contributed by atoms with Crippen LogP contribution in [0.5, 0.6) is 0 Å². The first kappa shape index (κ1) is 21.9. The minimum absolute atomic E-state index is 0.0478. The smallest absolute Gasteiger partial charge is 0.321 e. The minimum atomic E-state index is -0.610.